The van der Waals surface area contributed by atoms with Crippen molar-refractivity contribution in [3.8, 4) is 23.3 Å². The smallest absolute Gasteiger partial charge is 0.319 e. The first-order chi connectivity index (χ1) is 23.6. The number of benzene rings is 1. The maximum absolute atomic E-state index is 17.3. The highest BCUT2D eigenvalue weighted by Gasteiger charge is 2.49. The summed E-state index contributed by atoms with van der Waals surface area (Å²) in [7, 11) is 0. The van der Waals surface area contributed by atoms with Gasteiger partial charge in [-0.1, -0.05) is 6.58 Å². The third-order valence-electron chi connectivity index (χ3n) is 11.4. The molecule has 4 saturated heterocycles. The van der Waals surface area contributed by atoms with Crippen molar-refractivity contribution in [1.82, 2.24) is 25.2 Å². The number of anilines is 1. The second-order valence-electron chi connectivity index (χ2n) is 14.2. The van der Waals surface area contributed by atoms with Crippen LogP contribution >= 0.6 is 11.3 Å². The highest BCUT2D eigenvalue weighted by Crippen LogP contribution is 2.49. The van der Waals surface area contributed by atoms with Gasteiger partial charge in [0.2, 0.25) is 0 Å². The van der Waals surface area contributed by atoms with Crippen LogP contribution in [0, 0.1) is 36.8 Å². The second-order valence-corrected chi connectivity index (χ2v) is 15.4. The Morgan fingerprint density at radius 3 is 2.82 bits per heavy atom. The molecule has 8 nitrogen and oxygen atoms in total. The fourth-order valence-corrected chi connectivity index (χ4v) is 10.2. The molecule has 1 N–H and O–H groups in total. The first-order valence-corrected chi connectivity index (χ1v) is 17.5. The monoisotopic (exact) mass is 687 g/mol. The molecule has 0 spiro atoms. The average molecular weight is 688 g/mol. The minimum absolute atomic E-state index is 0.0341. The first-order valence-electron chi connectivity index (χ1n) is 16.7. The quantitative estimate of drug-likeness (QED) is 0.226. The van der Waals surface area contributed by atoms with Crippen LogP contribution in [0.4, 0.5) is 23.4 Å². The van der Waals surface area contributed by atoms with E-state index in [9.17, 15) is 14.0 Å². The van der Waals surface area contributed by atoms with Crippen molar-refractivity contribution in [1.29, 1.82) is 5.26 Å². The summed E-state index contributed by atoms with van der Waals surface area (Å²) in [5.41, 5.74) is 0.800. The van der Waals surface area contributed by atoms with Crippen molar-refractivity contribution in [2.24, 2.45) is 0 Å². The van der Waals surface area contributed by atoms with Gasteiger partial charge in [0, 0.05) is 63.5 Å². The Balaban J connectivity index is 1.27. The number of piperazine rings is 1. The van der Waals surface area contributed by atoms with Gasteiger partial charge in [-0.05, 0) is 70.1 Å². The van der Waals surface area contributed by atoms with Crippen LogP contribution in [0.3, 0.4) is 0 Å². The molecule has 3 aromatic heterocycles. The van der Waals surface area contributed by atoms with Gasteiger partial charge in [-0.15, -0.1) is 11.3 Å². The number of nitrogens with zero attached hydrogens (tertiary/aromatic N) is 6. The first kappa shape index (κ1) is 30.9. The molecule has 13 heteroatoms. The Hall–Kier alpha value is -4.12. The normalized spacial score (nSPS) is 26.0. The number of thiophene rings is 1. The van der Waals surface area contributed by atoms with Crippen LogP contribution in [0.15, 0.2) is 24.4 Å². The molecule has 0 radical (unpaired) electrons. The van der Waals surface area contributed by atoms with E-state index >= 15 is 8.78 Å². The predicted molar refractivity (Wildman–Crippen MR) is 180 cm³/mol. The van der Waals surface area contributed by atoms with Crippen molar-refractivity contribution in [3.05, 3.63) is 57.6 Å². The van der Waals surface area contributed by atoms with Gasteiger partial charge in [0.15, 0.2) is 5.82 Å². The Labute approximate surface area is 284 Å². The minimum atomic E-state index is -1.65. The van der Waals surface area contributed by atoms with Gasteiger partial charge in [0.25, 0.3) is 6.08 Å². The Morgan fingerprint density at radius 2 is 2.02 bits per heavy atom. The van der Waals surface area contributed by atoms with Crippen LogP contribution in [0.5, 0.6) is 6.01 Å². The van der Waals surface area contributed by atoms with Crippen LogP contribution < -0.4 is 15.0 Å². The summed E-state index contributed by atoms with van der Waals surface area (Å²) in [6.07, 6.45) is 3.98. The predicted octanol–water partition coefficient (Wildman–Crippen LogP) is 7.17. The molecule has 8 heterocycles. The van der Waals surface area contributed by atoms with Gasteiger partial charge in [0.05, 0.1) is 27.7 Å². The zero-order chi connectivity index (χ0) is 33.9. The molecule has 2 bridgehead atoms. The van der Waals surface area contributed by atoms with E-state index in [4.69, 9.17) is 9.72 Å². The lowest BCUT2D eigenvalue weighted by molar-refractivity contribution is 0.108. The van der Waals surface area contributed by atoms with E-state index in [-0.39, 0.29) is 77.0 Å². The maximum Gasteiger partial charge on any atom is 0.319 e. The summed E-state index contributed by atoms with van der Waals surface area (Å²) in [5.74, 6) is -1.35. The van der Waals surface area contributed by atoms with Crippen LogP contribution in [0.2, 0.25) is 0 Å². The summed E-state index contributed by atoms with van der Waals surface area (Å²) in [6, 6.07) is 2.33. The van der Waals surface area contributed by atoms with Crippen LogP contribution in [-0.4, -0.2) is 69.8 Å². The van der Waals surface area contributed by atoms with E-state index in [0.717, 1.165) is 34.4 Å². The number of pyridine rings is 1. The summed E-state index contributed by atoms with van der Waals surface area (Å²) in [5, 5.41) is 14.4. The van der Waals surface area contributed by atoms with Crippen LogP contribution in [0.25, 0.3) is 37.8 Å². The molecule has 49 heavy (non-hydrogen) atoms. The largest absolute Gasteiger partial charge is 0.461 e. The lowest BCUT2D eigenvalue weighted by atomic mass is 9.91. The third kappa shape index (κ3) is 4.43. The fourth-order valence-electron chi connectivity index (χ4n) is 9.14. The van der Waals surface area contributed by atoms with Crippen LogP contribution in [-0.2, 0) is 0 Å². The Kier molecular flexibility index (Phi) is 6.90. The molecule has 5 aliphatic rings. The van der Waals surface area contributed by atoms with Crippen molar-refractivity contribution in [2.45, 2.75) is 76.0 Å². The summed E-state index contributed by atoms with van der Waals surface area (Å²) >= 11 is 1.39. The highest BCUT2D eigenvalue weighted by atomic mass is 32.1. The van der Waals surface area contributed by atoms with Crippen molar-refractivity contribution in [3.63, 3.8) is 0 Å². The molecule has 0 saturated carbocycles. The molecular weight excluding hydrogens is 655 g/mol. The van der Waals surface area contributed by atoms with Gasteiger partial charge in [-0.3, -0.25) is 9.88 Å². The highest BCUT2D eigenvalue weighted by molar-refractivity contribution is 7.19. The second kappa shape index (κ2) is 10.9. The van der Waals surface area contributed by atoms with Gasteiger partial charge < -0.3 is 15.0 Å². The molecule has 9 rings (SSSR count). The molecule has 4 fully saturated rings. The zero-order valence-electron chi connectivity index (χ0n) is 27.1. The molecule has 1 aromatic carbocycles. The van der Waals surface area contributed by atoms with Gasteiger partial charge in [-0.2, -0.15) is 24.0 Å². The third-order valence-corrected chi connectivity index (χ3v) is 12.7. The number of aryl methyl sites for hydroxylation is 2. The van der Waals surface area contributed by atoms with E-state index in [0.29, 0.717) is 48.3 Å². The summed E-state index contributed by atoms with van der Waals surface area (Å²) in [4.78, 5) is 18.9. The van der Waals surface area contributed by atoms with E-state index in [1.165, 1.54) is 11.3 Å². The Bertz CT molecular complexity index is 2210. The molecule has 252 valence electrons. The standard InChI is InChI=1S/C36H33F4N7OS/c1-16-9-23-22-6-5-20(43-22)14-47(23)34-26-24(16)28(37)27(30-25-21(11-41)18(3)49-32(25)17(2)12-42-30)29(38)31(26)44-35(45-34)48-15-36-7-4-8-46(36)13-19(10-36)33(39)40/h12,20,22-23,43H,1,4-10,13-15H2,2-3H3/t20-,22+,23-,36+/m1/s1. The minimum Gasteiger partial charge on any atom is -0.461 e. The number of hydrogen-bond donors (Lipinski definition) is 1. The van der Waals surface area contributed by atoms with Crippen molar-refractivity contribution < 1.29 is 22.3 Å². The average Bonchev–Trinajstić information content (AvgIpc) is 3.82. The lowest BCUT2D eigenvalue weighted by Gasteiger charge is -2.41. The molecule has 4 atom stereocenters. The van der Waals surface area contributed by atoms with Crippen LogP contribution in [0.1, 0.15) is 60.1 Å². The molecule has 0 amide bonds. The number of hydrogen-bond acceptors (Lipinski definition) is 9. The number of nitriles is 1. The molecule has 5 aliphatic heterocycles. The van der Waals surface area contributed by atoms with E-state index in [1.54, 1.807) is 6.20 Å². The van der Waals surface area contributed by atoms with Gasteiger partial charge in [-0.25, -0.2) is 8.78 Å². The summed E-state index contributed by atoms with van der Waals surface area (Å²) in [6.45, 7) is 9.52. The number of rotatable bonds is 4. The molecular formula is C36H33F4N7OS. The Morgan fingerprint density at radius 1 is 1.18 bits per heavy atom. The van der Waals surface area contributed by atoms with Crippen molar-refractivity contribution >= 4 is 43.7 Å². The molecule has 0 unspecified atom stereocenters. The number of fused-ring (bicyclic) bond motifs is 7. The number of nitrogens with one attached hydrogen (secondary N) is 1. The number of halogens is 4. The molecule has 4 aromatic rings. The lowest BCUT2D eigenvalue weighted by Crippen LogP contribution is -2.58. The zero-order valence-corrected chi connectivity index (χ0v) is 27.9. The maximum atomic E-state index is 17.3. The summed E-state index contributed by atoms with van der Waals surface area (Å²) < 4.78 is 68.9. The number of aromatic nitrogens is 3. The van der Waals surface area contributed by atoms with Gasteiger partial charge >= 0.3 is 6.01 Å². The number of ether oxygens (including phenoxy) is 1. The topological polar surface area (TPSA) is 90.2 Å². The van der Waals surface area contributed by atoms with E-state index in [2.05, 4.69) is 32.8 Å². The molecule has 0 aliphatic carbocycles. The van der Waals surface area contributed by atoms with E-state index in [1.807, 2.05) is 18.7 Å². The van der Waals surface area contributed by atoms with Crippen molar-refractivity contribution in [2.75, 3.05) is 31.1 Å². The fraction of sp³-hybridized carbons (Fsp3) is 0.444. The van der Waals surface area contributed by atoms with E-state index < -0.39 is 23.3 Å². The van der Waals surface area contributed by atoms with Gasteiger partial charge in [0.1, 0.15) is 29.8 Å². The SMILES string of the molecule is C=C1C[C@@H]2[C@@H]3CC[C@H](CN2c2nc(OC[C@@]45CCCN4CC(=C(F)F)C5)nc4c(F)c(-c5ncc(C)c6sc(C)c(C#N)c56)c(F)c1c24)N3.